The first kappa shape index (κ1) is 12.5. The molecule has 0 aliphatic carbocycles. The number of hydrogen-bond acceptors (Lipinski definition) is 2. The van der Waals surface area contributed by atoms with Gasteiger partial charge in [-0.2, -0.15) is 5.10 Å². The molecule has 0 saturated heterocycles. The van der Waals surface area contributed by atoms with Crippen LogP contribution in [-0.2, 0) is 13.0 Å². The van der Waals surface area contributed by atoms with E-state index in [2.05, 4.69) is 30.9 Å². The van der Waals surface area contributed by atoms with Gasteiger partial charge in [-0.05, 0) is 25.7 Å². The minimum Gasteiger partial charge on any atom is -0.250 e. The summed E-state index contributed by atoms with van der Waals surface area (Å²) in [5.41, 5.74) is 0.182. The van der Waals surface area contributed by atoms with Gasteiger partial charge in [0.1, 0.15) is 12.2 Å². The summed E-state index contributed by atoms with van der Waals surface area (Å²) in [7, 11) is 0. The predicted molar refractivity (Wildman–Crippen MR) is 63.1 cm³/mol. The fourth-order valence-electron chi connectivity index (χ4n) is 1.95. The summed E-state index contributed by atoms with van der Waals surface area (Å²) in [6.07, 6.45) is 3.54. The van der Waals surface area contributed by atoms with Crippen LogP contribution >= 0.6 is 11.6 Å². The summed E-state index contributed by atoms with van der Waals surface area (Å²) >= 11 is 6.03. The molecule has 1 unspecified atom stereocenters. The standard InChI is InChI=1S/C11H20ClN3/c1-5-15-10(13-8-14-15)7-11(3,4)6-9(2)12/h8-9H,5-7H2,1-4H3. The van der Waals surface area contributed by atoms with Crippen molar-refractivity contribution in [2.45, 2.75) is 52.5 Å². The van der Waals surface area contributed by atoms with Crippen LogP contribution in [0.3, 0.4) is 0 Å². The molecule has 0 radical (unpaired) electrons. The van der Waals surface area contributed by atoms with E-state index in [4.69, 9.17) is 11.6 Å². The van der Waals surface area contributed by atoms with Crippen molar-refractivity contribution in [2.75, 3.05) is 0 Å². The third-order valence-corrected chi connectivity index (χ3v) is 2.62. The Balaban J connectivity index is 2.68. The molecule has 0 fully saturated rings. The highest BCUT2D eigenvalue weighted by Crippen LogP contribution is 2.28. The normalized spacial score (nSPS) is 14.2. The van der Waals surface area contributed by atoms with E-state index in [1.807, 2.05) is 11.6 Å². The maximum Gasteiger partial charge on any atom is 0.138 e. The summed E-state index contributed by atoms with van der Waals surface area (Å²) in [5, 5.41) is 4.38. The molecule has 4 heteroatoms. The van der Waals surface area contributed by atoms with Gasteiger partial charge in [-0.15, -0.1) is 11.6 Å². The van der Waals surface area contributed by atoms with Crippen LogP contribution in [0.1, 0.15) is 39.9 Å². The average molecular weight is 230 g/mol. The van der Waals surface area contributed by atoms with Gasteiger partial charge in [0.25, 0.3) is 0 Å². The van der Waals surface area contributed by atoms with Gasteiger partial charge in [-0.1, -0.05) is 13.8 Å². The molecular formula is C11H20ClN3. The Hall–Kier alpha value is -0.570. The lowest BCUT2D eigenvalue weighted by Gasteiger charge is -2.25. The van der Waals surface area contributed by atoms with Crippen molar-refractivity contribution in [3.8, 4) is 0 Å². The van der Waals surface area contributed by atoms with E-state index in [1.165, 1.54) is 0 Å². The molecule has 1 atom stereocenters. The molecule has 3 nitrogen and oxygen atoms in total. The second-order valence-corrected chi connectivity index (χ2v) is 5.56. The second-order valence-electron chi connectivity index (χ2n) is 4.82. The maximum absolute atomic E-state index is 6.03. The van der Waals surface area contributed by atoms with E-state index in [1.54, 1.807) is 6.33 Å². The molecule has 86 valence electrons. The Labute approximate surface area is 96.8 Å². The topological polar surface area (TPSA) is 30.7 Å². The molecule has 0 bridgehead atoms. The molecule has 0 aromatic carbocycles. The smallest absolute Gasteiger partial charge is 0.138 e. The number of aromatic nitrogens is 3. The largest absolute Gasteiger partial charge is 0.250 e. The summed E-state index contributed by atoms with van der Waals surface area (Å²) in [6, 6.07) is 0. The third kappa shape index (κ3) is 3.82. The molecule has 0 amide bonds. The zero-order chi connectivity index (χ0) is 11.5. The van der Waals surface area contributed by atoms with Gasteiger partial charge >= 0.3 is 0 Å². The maximum atomic E-state index is 6.03. The van der Waals surface area contributed by atoms with Crippen molar-refractivity contribution in [1.29, 1.82) is 0 Å². The van der Waals surface area contributed by atoms with Crippen LogP contribution in [0.4, 0.5) is 0 Å². The Morgan fingerprint density at radius 1 is 1.53 bits per heavy atom. The van der Waals surface area contributed by atoms with Crippen LogP contribution < -0.4 is 0 Å². The van der Waals surface area contributed by atoms with E-state index in [9.17, 15) is 0 Å². The van der Waals surface area contributed by atoms with Crippen molar-refractivity contribution in [2.24, 2.45) is 5.41 Å². The molecule has 0 saturated carbocycles. The Morgan fingerprint density at radius 2 is 2.20 bits per heavy atom. The zero-order valence-corrected chi connectivity index (χ0v) is 10.8. The van der Waals surface area contributed by atoms with Crippen molar-refractivity contribution >= 4 is 11.6 Å². The number of alkyl halides is 1. The fourth-order valence-corrected chi connectivity index (χ4v) is 2.37. The number of aryl methyl sites for hydroxylation is 1. The van der Waals surface area contributed by atoms with Gasteiger partial charge in [0.15, 0.2) is 0 Å². The Kier molecular flexibility index (Phi) is 4.14. The van der Waals surface area contributed by atoms with E-state index in [-0.39, 0.29) is 10.8 Å². The molecule has 0 spiro atoms. The summed E-state index contributed by atoms with van der Waals surface area (Å²) in [6.45, 7) is 9.44. The Bertz CT molecular complexity index is 305. The van der Waals surface area contributed by atoms with Crippen LogP contribution in [0, 0.1) is 5.41 Å². The first-order valence-electron chi connectivity index (χ1n) is 5.45. The lowest BCUT2D eigenvalue weighted by Crippen LogP contribution is -2.21. The number of halogens is 1. The second kappa shape index (κ2) is 4.97. The minimum absolute atomic E-state index is 0.182. The van der Waals surface area contributed by atoms with Gasteiger partial charge in [-0.25, -0.2) is 4.98 Å². The molecule has 1 heterocycles. The summed E-state index contributed by atoms with van der Waals surface area (Å²) in [5.74, 6) is 1.06. The molecule has 0 aliphatic heterocycles. The number of hydrogen-bond donors (Lipinski definition) is 0. The van der Waals surface area contributed by atoms with Crippen molar-refractivity contribution < 1.29 is 0 Å². The van der Waals surface area contributed by atoms with Gasteiger partial charge in [0.05, 0.1) is 0 Å². The quantitative estimate of drug-likeness (QED) is 0.727. The van der Waals surface area contributed by atoms with Crippen LogP contribution in [-0.4, -0.2) is 20.1 Å². The summed E-state index contributed by atoms with van der Waals surface area (Å²) in [4.78, 5) is 4.29. The highest BCUT2D eigenvalue weighted by molar-refractivity contribution is 6.20. The van der Waals surface area contributed by atoms with E-state index < -0.39 is 0 Å². The van der Waals surface area contributed by atoms with E-state index in [0.29, 0.717) is 0 Å². The van der Waals surface area contributed by atoms with Gasteiger partial charge in [-0.3, -0.25) is 4.68 Å². The molecule has 1 aromatic rings. The highest BCUT2D eigenvalue weighted by Gasteiger charge is 2.23. The molecular weight excluding hydrogens is 210 g/mol. The van der Waals surface area contributed by atoms with Crippen LogP contribution in [0.25, 0.3) is 0 Å². The SMILES string of the molecule is CCn1ncnc1CC(C)(C)CC(C)Cl. The van der Waals surface area contributed by atoms with Gasteiger partial charge < -0.3 is 0 Å². The molecule has 1 aromatic heterocycles. The Morgan fingerprint density at radius 3 is 2.73 bits per heavy atom. The van der Waals surface area contributed by atoms with E-state index >= 15 is 0 Å². The van der Waals surface area contributed by atoms with Crippen molar-refractivity contribution in [1.82, 2.24) is 14.8 Å². The summed E-state index contributed by atoms with van der Waals surface area (Å²) < 4.78 is 1.95. The lowest BCUT2D eigenvalue weighted by atomic mass is 9.84. The number of nitrogens with zero attached hydrogens (tertiary/aromatic N) is 3. The minimum atomic E-state index is 0.182. The van der Waals surface area contributed by atoms with E-state index in [0.717, 1.165) is 25.2 Å². The first-order valence-corrected chi connectivity index (χ1v) is 5.89. The van der Waals surface area contributed by atoms with Crippen LogP contribution in [0.5, 0.6) is 0 Å². The third-order valence-electron chi connectivity index (χ3n) is 2.47. The van der Waals surface area contributed by atoms with Crippen LogP contribution in [0.2, 0.25) is 0 Å². The molecule has 0 aliphatic rings. The molecule has 0 N–H and O–H groups in total. The zero-order valence-electron chi connectivity index (χ0n) is 10.00. The monoisotopic (exact) mass is 229 g/mol. The van der Waals surface area contributed by atoms with Crippen molar-refractivity contribution in [3.05, 3.63) is 12.2 Å². The van der Waals surface area contributed by atoms with Crippen LogP contribution in [0.15, 0.2) is 6.33 Å². The number of rotatable bonds is 5. The molecule has 15 heavy (non-hydrogen) atoms. The fraction of sp³-hybridized carbons (Fsp3) is 0.818. The predicted octanol–water partition coefficient (Wildman–Crippen LogP) is 2.88. The molecule has 1 rings (SSSR count). The first-order chi connectivity index (χ1) is 6.94. The average Bonchev–Trinajstić information content (AvgIpc) is 2.48. The van der Waals surface area contributed by atoms with Crippen molar-refractivity contribution in [3.63, 3.8) is 0 Å². The highest BCUT2D eigenvalue weighted by atomic mass is 35.5. The van der Waals surface area contributed by atoms with Gasteiger partial charge in [0, 0.05) is 18.3 Å². The van der Waals surface area contributed by atoms with Gasteiger partial charge in [0.2, 0.25) is 0 Å². The lowest BCUT2D eigenvalue weighted by molar-refractivity contribution is 0.318.